The highest BCUT2D eigenvalue weighted by Crippen LogP contribution is 2.21. The first kappa shape index (κ1) is 21.8. The van der Waals surface area contributed by atoms with Gasteiger partial charge >= 0.3 is 5.97 Å². The van der Waals surface area contributed by atoms with Crippen LogP contribution in [-0.4, -0.2) is 23.8 Å². The zero-order valence-electron chi connectivity index (χ0n) is 17.4. The molecule has 2 amide bonds. The molecule has 0 saturated carbocycles. The lowest BCUT2D eigenvalue weighted by Gasteiger charge is -2.21. The Morgan fingerprint density at radius 3 is 2.00 bits per heavy atom. The van der Waals surface area contributed by atoms with Crippen LogP contribution in [0.25, 0.3) is 0 Å². The Morgan fingerprint density at radius 1 is 0.806 bits per heavy atom. The van der Waals surface area contributed by atoms with E-state index in [1.165, 1.54) is 6.92 Å². The highest BCUT2D eigenvalue weighted by atomic mass is 16.5. The van der Waals surface area contributed by atoms with Crippen LogP contribution in [0.3, 0.4) is 0 Å². The predicted octanol–water partition coefficient (Wildman–Crippen LogP) is 4.04. The standard InChI is InChI=1S/C25H24N2O4/c1-17-13-15-21(16-14-17)27-24(29)22(19-9-5-3-6-10-19)31-25(30)18(2)26-23(28)20-11-7-4-8-12-20/h3-16,18,22H,1-2H3,(H,26,28)(H,27,29)/t18-,22+/m0/s1. The van der Waals surface area contributed by atoms with Crippen LogP contribution in [0.2, 0.25) is 0 Å². The van der Waals surface area contributed by atoms with Gasteiger partial charge in [-0.2, -0.15) is 0 Å². The fourth-order valence-electron chi connectivity index (χ4n) is 2.89. The van der Waals surface area contributed by atoms with Crippen LogP contribution in [0.15, 0.2) is 84.9 Å². The number of nitrogens with one attached hydrogen (secondary N) is 2. The van der Waals surface area contributed by atoms with Crippen molar-refractivity contribution in [3.63, 3.8) is 0 Å². The van der Waals surface area contributed by atoms with Gasteiger partial charge in [0.25, 0.3) is 11.8 Å². The summed E-state index contributed by atoms with van der Waals surface area (Å²) in [5, 5.41) is 5.38. The van der Waals surface area contributed by atoms with Gasteiger partial charge in [-0.25, -0.2) is 4.79 Å². The Hall–Kier alpha value is -3.93. The van der Waals surface area contributed by atoms with E-state index in [9.17, 15) is 14.4 Å². The summed E-state index contributed by atoms with van der Waals surface area (Å²) in [7, 11) is 0. The van der Waals surface area contributed by atoms with Gasteiger partial charge in [-0.05, 0) is 38.1 Å². The number of carbonyl (C=O) groups excluding carboxylic acids is 3. The Labute approximate surface area is 181 Å². The van der Waals surface area contributed by atoms with Crippen molar-refractivity contribution in [1.82, 2.24) is 5.32 Å². The monoisotopic (exact) mass is 416 g/mol. The maximum Gasteiger partial charge on any atom is 0.329 e. The van der Waals surface area contributed by atoms with E-state index in [1.807, 2.05) is 25.1 Å². The molecule has 0 aliphatic rings. The van der Waals surface area contributed by atoms with E-state index in [4.69, 9.17) is 4.74 Å². The number of ether oxygens (including phenoxy) is 1. The molecule has 3 rings (SSSR count). The van der Waals surface area contributed by atoms with E-state index < -0.39 is 29.9 Å². The first-order valence-electron chi connectivity index (χ1n) is 9.93. The largest absolute Gasteiger partial charge is 0.446 e. The lowest BCUT2D eigenvalue weighted by Crippen LogP contribution is -2.41. The van der Waals surface area contributed by atoms with E-state index in [0.717, 1.165) is 5.56 Å². The van der Waals surface area contributed by atoms with Crippen LogP contribution in [0.5, 0.6) is 0 Å². The van der Waals surface area contributed by atoms with Crippen molar-refractivity contribution in [1.29, 1.82) is 0 Å². The van der Waals surface area contributed by atoms with E-state index in [2.05, 4.69) is 10.6 Å². The summed E-state index contributed by atoms with van der Waals surface area (Å²) in [6.45, 7) is 3.47. The molecule has 0 radical (unpaired) electrons. The van der Waals surface area contributed by atoms with Crippen molar-refractivity contribution >= 4 is 23.5 Å². The number of anilines is 1. The van der Waals surface area contributed by atoms with Crippen molar-refractivity contribution in [2.75, 3.05) is 5.32 Å². The van der Waals surface area contributed by atoms with Gasteiger partial charge in [0.1, 0.15) is 6.04 Å². The number of amides is 2. The lowest BCUT2D eigenvalue weighted by atomic mass is 10.1. The first-order chi connectivity index (χ1) is 14.9. The third-order valence-electron chi connectivity index (χ3n) is 4.63. The van der Waals surface area contributed by atoms with Crippen LogP contribution < -0.4 is 10.6 Å². The number of benzene rings is 3. The van der Waals surface area contributed by atoms with Crippen molar-refractivity contribution < 1.29 is 19.1 Å². The smallest absolute Gasteiger partial charge is 0.329 e. The van der Waals surface area contributed by atoms with Gasteiger partial charge in [-0.15, -0.1) is 0 Å². The topological polar surface area (TPSA) is 84.5 Å². The van der Waals surface area contributed by atoms with Gasteiger partial charge in [-0.1, -0.05) is 66.2 Å². The maximum atomic E-state index is 12.9. The molecule has 2 N–H and O–H groups in total. The molecule has 0 unspecified atom stereocenters. The summed E-state index contributed by atoms with van der Waals surface area (Å²) in [4.78, 5) is 37.9. The molecule has 6 heteroatoms. The highest BCUT2D eigenvalue weighted by molar-refractivity contribution is 5.98. The molecule has 0 aliphatic carbocycles. The quantitative estimate of drug-likeness (QED) is 0.570. The van der Waals surface area contributed by atoms with E-state index in [-0.39, 0.29) is 0 Å². The molecule has 0 aromatic heterocycles. The van der Waals surface area contributed by atoms with Crippen molar-refractivity contribution in [2.45, 2.75) is 26.0 Å². The van der Waals surface area contributed by atoms with E-state index >= 15 is 0 Å². The second-order valence-corrected chi connectivity index (χ2v) is 7.14. The maximum absolute atomic E-state index is 12.9. The summed E-state index contributed by atoms with van der Waals surface area (Å²) in [6.07, 6.45) is -1.16. The van der Waals surface area contributed by atoms with Gasteiger partial charge in [0, 0.05) is 16.8 Å². The normalized spacial score (nSPS) is 12.3. The molecular weight excluding hydrogens is 392 g/mol. The molecule has 0 heterocycles. The summed E-state index contributed by atoms with van der Waals surface area (Å²) in [5.41, 5.74) is 2.62. The summed E-state index contributed by atoms with van der Waals surface area (Å²) in [5.74, 6) is -1.59. The molecule has 2 atom stereocenters. The zero-order chi connectivity index (χ0) is 22.2. The summed E-state index contributed by atoms with van der Waals surface area (Å²) in [6, 6.07) is 23.7. The van der Waals surface area contributed by atoms with Gasteiger partial charge < -0.3 is 15.4 Å². The Morgan fingerprint density at radius 2 is 1.39 bits per heavy atom. The van der Waals surface area contributed by atoms with Crippen LogP contribution in [0, 0.1) is 6.92 Å². The number of carbonyl (C=O) groups is 3. The molecule has 0 bridgehead atoms. The molecule has 0 fully saturated rings. The molecule has 0 saturated heterocycles. The average molecular weight is 416 g/mol. The second kappa shape index (κ2) is 10.2. The van der Waals surface area contributed by atoms with E-state index in [0.29, 0.717) is 16.8 Å². The third kappa shape index (κ3) is 6.02. The summed E-state index contributed by atoms with van der Waals surface area (Å²) >= 11 is 0. The molecule has 0 aliphatic heterocycles. The summed E-state index contributed by atoms with van der Waals surface area (Å²) < 4.78 is 5.53. The van der Waals surface area contributed by atoms with Gasteiger partial charge in [0.15, 0.2) is 0 Å². The van der Waals surface area contributed by atoms with Crippen LogP contribution >= 0.6 is 0 Å². The Balaban J connectivity index is 1.72. The number of hydrogen-bond acceptors (Lipinski definition) is 4. The third-order valence-corrected chi connectivity index (χ3v) is 4.63. The van der Waals surface area contributed by atoms with Crippen LogP contribution in [-0.2, 0) is 14.3 Å². The molecule has 158 valence electrons. The minimum atomic E-state index is -1.16. The lowest BCUT2D eigenvalue weighted by molar-refractivity contribution is -0.156. The van der Waals surface area contributed by atoms with Gasteiger partial charge in [0.05, 0.1) is 0 Å². The SMILES string of the molecule is Cc1ccc(NC(=O)[C@H](OC(=O)[C@H](C)NC(=O)c2ccccc2)c2ccccc2)cc1. The Kier molecular flexibility index (Phi) is 7.17. The molecule has 3 aromatic rings. The molecule has 0 spiro atoms. The number of esters is 1. The van der Waals surface area contributed by atoms with Gasteiger partial charge in [-0.3, -0.25) is 9.59 Å². The van der Waals surface area contributed by atoms with Crippen LogP contribution in [0.4, 0.5) is 5.69 Å². The molecule has 3 aromatic carbocycles. The van der Waals surface area contributed by atoms with Crippen molar-refractivity contribution in [3.8, 4) is 0 Å². The predicted molar refractivity (Wildman–Crippen MR) is 118 cm³/mol. The first-order valence-corrected chi connectivity index (χ1v) is 9.93. The second-order valence-electron chi connectivity index (χ2n) is 7.14. The molecular formula is C25H24N2O4. The molecule has 6 nitrogen and oxygen atoms in total. The van der Waals surface area contributed by atoms with Crippen LogP contribution in [0.1, 0.15) is 34.5 Å². The molecule has 31 heavy (non-hydrogen) atoms. The fourth-order valence-corrected chi connectivity index (χ4v) is 2.89. The fraction of sp³-hybridized carbons (Fsp3) is 0.160. The van der Waals surface area contributed by atoms with Crippen molar-refractivity contribution in [3.05, 3.63) is 102 Å². The Bertz CT molecular complexity index is 1030. The minimum Gasteiger partial charge on any atom is -0.446 e. The highest BCUT2D eigenvalue weighted by Gasteiger charge is 2.28. The zero-order valence-corrected chi connectivity index (χ0v) is 17.4. The van der Waals surface area contributed by atoms with Crippen molar-refractivity contribution in [2.24, 2.45) is 0 Å². The number of aryl methyl sites for hydroxylation is 1. The van der Waals surface area contributed by atoms with Gasteiger partial charge in [0.2, 0.25) is 6.10 Å². The number of hydrogen-bond donors (Lipinski definition) is 2. The van der Waals surface area contributed by atoms with E-state index in [1.54, 1.807) is 66.7 Å². The minimum absolute atomic E-state index is 0.398. The average Bonchev–Trinajstić information content (AvgIpc) is 2.79. The number of rotatable bonds is 7.